The molecule has 0 saturated carbocycles. The number of ether oxygens (including phenoxy) is 1. The van der Waals surface area contributed by atoms with Crippen molar-refractivity contribution in [3.8, 4) is 17.1 Å². The highest BCUT2D eigenvalue weighted by molar-refractivity contribution is 7.80. The van der Waals surface area contributed by atoms with Gasteiger partial charge in [0.15, 0.2) is 5.11 Å². The van der Waals surface area contributed by atoms with Crippen LogP contribution in [-0.2, 0) is 4.79 Å². The molecule has 0 aliphatic carbocycles. The Kier molecular flexibility index (Phi) is 7.35. The van der Waals surface area contributed by atoms with E-state index < -0.39 is 0 Å². The number of aryl methyl sites for hydroxylation is 1. The molecule has 2 aromatic heterocycles. The number of hydrogen-bond donors (Lipinski definition) is 2. The fourth-order valence-electron chi connectivity index (χ4n) is 4.61. The van der Waals surface area contributed by atoms with Gasteiger partial charge in [-0.25, -0.2) is 0 Å². The number of amides is 1. The molecular formula is C29H27ClN4O3S. The molecule has 38 heavy (non-hydrogen) atoms. The van der Waals surface area contributed by atoms with Gasteiger partial charge in [0.25, 0.3) is 0 Å². The first-order chi connectivity index (χ1) is 18.4. The Hall–Kier alpha value is -3.88. The Bertz CT molecular complexity index is 1490. The van der Waals surface area contributed by atoms with Gasteiger partial charge in [-0.05, 0) is 73.2 Å². The summed E-state index contributed by atoms with van der Waals surface area (Å²) >= 11 is 12.1. The molecule has 1 fully saturated rings. The summed E-state index contributed by atoms with van der Waals surface area (Å²) in [5, 5.41) is 7.48. The van der Waals surface area contributed by atoms with Gasteiger partial charge in [0.2, 0.25) is 5.91 Å². The third kappa shape index (κ3) is 4.97. The number of halogens is 1. The van der Waals surface area contributed by atoms with Gasteiger partial charge >= 0.3 is 0 Å². The van der Waals surface area contributed by atoms with Crippen LogP contribution in [0.5, 0.6) is 5.75 Å². The molecule has 1 amide bonds. The number of nitrogens with zero attached hydrogens (tertiary/aromatic N) is 2. The van der Waals surface area contributed by atoms with E-state index in [2.05, 4.69) is 15.6 Å². The zero-order valence-electron chi connectivity index (χ0n) is 21.2. The summed E-state index contributed by atoms with van der Waals surface area (Å²) < 4.78 is 12.1. The van der Waals surface area contributed by atoms with E-state index in [9.17, 15) is 4.79 Å². The van der Waals surface area contributed by atoms with Crippen LogP contribution >= 0.6 is 23.8 Å². The number of benzene rings is 2. The van der Waals surface area contributed by atoms with Gasteiger partial charge in [-0.1, -0.05) is 30.7 Å². The fraction of sp³-hybridized carbons (Fsp3) is 0.207. The lowest BCUT2D eigenvalue weighted by Crippen LogP contribution is -2.29. The topological polar surface area (TPSA) is 79.6 Å². The molecule has 0 spiro atoms. The standard InChI is InChI=1S/C29H27ClN4O3S/c1-4-26(35)32-21-11-10-19(16-25(21)36-3)34-28(27(33-29(34)38)22-7-5-6-14-31-22)24-13-12-23(37-24)20-15-18(30)9-8-17(20)2/h5-16,27-28H,4H2,1-3H3,(H,32,35)(H,33,38). The molecule has 194 valence electrons. The predicted molar refractivity (Wildman–Crippen MR) is 154 cm³/mol. The molecule has 1 saturated heterocycles. The van der Waals surface area contributed by atoms with Crippen molar-refractivity contribution in [2.75, 3.05) is 17.3 Å². The van der Waals surface area contributed by atoms with Crippen molar-refractivity contribution in [2.45, 2.75) is 32.4 Å². The summed E-state index contributed by atoms with van der Waals surface area (Å²) in [6.45, 7) is 3.82. The van der Waals surface area contributed by atoms with Crippen LogP contribution in [0.4, 0.5) is 11.4 Å². The van der Waals surface area contributed by atoms with Gasteiger partial charge < -0.3 is 24.7 Å². The third-order valence-corrected chi connectivity index (χ3v) is 7.09. The Labute approximate surface area is 231 Å². The van der Waals surface area contributed by atoms with Crippen molar-refractivity contribution in [2.24, 2.45) is 0 Å². The van der Waals surface area contributed by atoms with Crippen molar-refractivity contribution in [3.05, 3.63) is 95.0 Å². The number of carbonyl (C=O) groups is 1. The third-order valence-electron chi connectivity index (χ3n) is 6.54. The summed E-state index contributed by atoms with van der Waals surface area (Å²) in [4.78, 5) is 18.6. The average molecular weight is 547 g/mol. The maximum absolute atomic E-state index is 12.0. The Morgan fingerprint density at radius 1 is 1.18 bits per heavy atom. The van der Waals surface area contributed by atoms with Crippen LogP contribution in [0.1, 0.15) is 42.4 Å². The van der Waals surface area contributed by atoms with Crippen molar-refractivity contribution in [3.63, 3.8) is 0 Å². The summed E-state index contributed by atoms with van der Waals surface area (Å²) in [5.41, 5.74) is 4.20. The van der Waals surface area contributed by atoms with E-state index in [1.165, 1.54) is 0 Å². The first-order valence-electron chi connectivity index (χ1n) is 12.2. The normalized spacial score (nSPS) is 16.8. The second kappa shape index (κ2) is 10.8. The molecule has 0 radical (unpaired) electrons. The van der Waals surface area contributed by atoms with Crippen LogP contribution in [0.3, 0.4) is 0 Å². The smallest absolute Gasteiger partial charge is 0.224 e. The minimum atomic E-state index is -0.341. The van der Waals surface area contributed by atoms with Gasteiger partial charge in [0.1, 0.15) is 23.3 Å². The van der Waals surface area contributed by atoms with Crippen molar-refractivity contribution >= 4 is 46.2 Å². The molecule has 1 aliphatic rings. The van der Waals surface area contributed by atoms with Gasteiger partial charge in [0.05, 0.1) is 24.5 Å². The van der Waals surface area contributed by atoms with E-state index in [0.717, 1.165) is 22.5 Å². The van der Waals surface area contributed by atoms with Crippen LogP contribution in [0, 0.1) is 6.92 Å². The second-order valence-corrected chi connectivity index (χ2v) is 9.77. The molecular weight excluding hydrogens is 520 g/mol. The van der Waals surface area contributed by atoms with E-state index in [-0.39, 0.29) is 18.0 Å². The molecule has 2 unspecified atom stereocenters. The summed E-state index contributed by atoms with van der Waals surface area (Å²) in [6, 6.07) is 20.4. The SMILES string of the molecule is CCC(=O)Nc1ccc(N2C(=S)NC(c3ccccn3)C2c2ccc(-c3cc(Cl)ccc3C)o2)cc1OC. The number of nitrogens with one attached hydrogen (secondary N) is 2. The first kappa shape index (κ1) is 25.8. The molecule has 2 atom stereocenters. The summed E-state index contributed by atoms with van der Waals surface area (Å²) in [7, 11) is 1.57. The molecule has 7 nitrogen and oxygen atoms in total. The van der Waals surface area contributed by atoms with Gasteiger partial charge in [-0.15, -0.1) is 0 Å². The molecule has 4 aromatic rings. The summed E-state index contributed by atoms with van der Waals surface area (Å²) in [5.74, 6) is 1.86. The lowest BCUT2D eigenvalue weighted by Gasteiger charge is -2.27. The zero-order valence-corrected chi connectivity index (χ0v) is 22.8. The highest BCUT2D eigenvalue weighted by Gasteiger charge is 2.43. The predicted octanol–water partition coefficient (Wildman–Crippen LogP) is 6.84. The maximum atomic E-state index is 12.0. The molecule has 0 bridgehead atoms. The van der Waals surface area contributed by atoms with Crippen LogP contribution in [-0.4, -0.2) is 23.1 Å². The Balaban J connectivity index is 1.59. The number of hydrogen-bond acceptors (Lipinski definition) is 5. The van der Waals surface area contributed by atoms with Crippen molar-refractivity contribution < 1.29 is 13.9 Å². The molecule has 9 heteroatoms. The lowest BCUT2D eigenvalue weighted by atomic mass is 10.0. The molecule has 5 rings (SSSR count). The van der Waals surface area contributed by atoms with Crippen LogP contribution < -0.4 is 20.3 Å². The monoisotopic (exact) mass is 546 g/mol. The van der Waals surface area contributed by atoms with E-state index in [1.54, 1.807) is 20.2 Å². The Morgan fingerprint density at radius 2 is 2.03 bits per heavy atom. The number of anilines is 2. The van der Waals surface area contributed by atoms with Gasteiger partial charge in [-0.3, -0.25) is 9.78 Å². The Morgan fingerprint density at radius 3 is 2.76 bits per heavy atom. The number of carbonyl (C=O) groups excluding carboxylic acids is 1. The lowest BCUT2D eigenvalue weighted by molar-refractivity contribution is -0.115. The van der Waals surface area contributed by atoms with Gasteiger partial charge in [0, 0.05) is 35.0 Å². The largest absolute Gasteiger partial charge is 0.494 e. The molecule has 2 N–H and O–H groups in total. The highest BCUT2D eigenvalue weighted by atomic mass is 35.5. The van der Waals surface area contributed by atoms with E-state index in [4.69, 9.17) is 33.0 Å². The van der Waals surface area contributed by atoms with Crippen LogP contribution in [0.15, 0.2) is 77.3 Å². The number of thiocarbonyl (C=S) groups is 1. The van der Waals surface area contributed by atoms with E-state index >= 15 is 0 Å². The van der Waals surface area contributed by atoms with Gasteiger partial charge in [-0.2, -0.15) is 0 Å². The summed E-state index contributed by atoms with van der Waals surface area (Å²) in [6.07, 6.45) is 2.13. The van der Waals surface area contributed by atoms with Crippen LogP contribution in [0.25, 0.3) is 11.3 Å². The second-order valence-electron chi connectivity index (χ2n) is 8.94. The molecule has 3 heterocycles. The average Bonchev–Trinajstić information content (AvgIpc) is 3.55. The zero-order chi connectivity index (χ0) is 26.8. The first-order valence-corrected chi connectivity index (χ1v) is 13.0. The number of aromatic nitrogens is 1. The minimum Gasteiger partial charge on any atom is -0.494 e. The quantitative estimate of drug-likeness (QED) is 0.246. The number of methoxy groups -OCH3 is 1. The van der Waals surface area contributed by atoms with E-state index in [0.29, 0.717) is 39.5 Å². The van der Waals surface area contributed by atoms with Crippen molar-refractivity contribution in [1.29, 1.82) is 0 Å². The number of furan rings is 1. The number of pyridine rings is 1. The molecule has 1 aliphatic heterocycles. The highest BCUT2D eigenvalue weighted by Crippen LogP contribution is 2.44. The van der Waals surface area contributed by atoms with Crippen LogP contribution in [0.2, 0.25) is 5.02 Å². The van der Waals surface area contributed by atoms with E-state index in [1.807, 2.05) is 78.6 Å². The number of rotatable bonds is 7. The minimum absolute atomic E-state index is 0.0954. The maximum Gasteiger partial charge on any atom is 0.224 e. The van der Waals surface area contributed by atoms with Crippen molar-refractivity contribution in [1.82, 2.24) is 10.3 Å². The fourth-order valence-corrected chi connectivity index (χ4v) is 5.13. The molecule has 2 aromatic carbocycles.